The predicted octanol–water partition coefficient (Wildman–Crippen LogP) is 1.34. The van der Waals surface area contributed by atoms with E-state index in [1.165, 1.54) is 0 Å². The summed E-state index contributed by atoms with van der Waals surface area (Å²) in [6, 6.07) is 0. The van der Waals surface area contributed by atoms with Crippen molar-refractivity contribution < 1.29 is 4.74 Å². The van der Waals surface area contributed by atoms with Crippen molar-refractivity contribution in [1.82, 2.24) is 9.55 Å². The van der Waals surface area contributed by atoms with Crippen LogP contribution in [0.2, 0.25) is 0 Å². The number of nitrogen functional groups attached to an aromatic ring is 1. The molecule has 0 amide bonds. The molecule has 2 atom stereocenters. The van der Waals surface area contributed by atoms with Gasteiger partial charge in [-0.3, -0.25) is 0 Å². The number of imidazole rings is 1. The summed E-state index contributed by atoms with van der Waals surface area (Å²) in [4.78, 5) is 4.06. The van der Waals surface area contributed by atoms with E-state index in [1.807, 2.05) is 11.5 Å². The lowest BCUT2D eigenvalue weighted by Crippen LogP contribution is -2.18. The molecule has 0 bridgehead atoms. The van der Waals surface area contributed by atoms with Gasteiger partial charge in [0.1, 0.15) is 0 Å². The van der Waals surface area contributed by atoms with Crippen LogP contribution in [0.5, 0.6) is 0 Å². The summed E-state index contributed by atoms with van der Waals surface area (Å²) in [6.07, 6.45) is 4.77. The minimum atomic E-state index is 0.306. The highest BCUT2D eigenvalue weighted by molar-refractivity contribution is 5.21. The van der Waals surface area contributed by atoms with Crippen molar-refractivity contribution >= 4 is 5.95 Å². The number of nitrogens with two attached hydrogens (primary N) is 1. The van der Waals surface area contributed by atoms with Crippen LogP contribution in [0.3, 0.4) is 0 Å². The van der Waals surface area contributed by atoms with Gasteiger partial charge in [0.2, 0.25) is 0 Å². The summed E-state index contributed by atoms with van der Waals surface area (Å²) in [5, 5.41) is 0. The fourth-order valence-corrected chi connectivity index (χ4v) is 1.94. The quantitative estimate of drug-likeness (QED) is 0.774. The molecule has 1 saturated heterocycles. The number of aromatic nitrogens is 2. The average Bonchev–Trinajstić information content (AvgIpc) is 2.67. The van der Waals surface area contributed by atoms with E-state index in [-0.39, 0.29) is 0 Å². The molecule has 0 aromatic carbocycles. The van der Waals surface area contributed by atoms with E-state index in [1.54, 1.807) is 6.20 Å². The molecule has 0 spiro atoms. The Hall–Kier alpha value is -1.03. The maximum absolute atomic E-state index is 5.75. The minimum Gasteiger partial charge on any atom is -0.373 e. The topological polar surface area (TPSA) is 53.1 Å². The molecule has 0 aliphatic carbocycles. The fraction of sp³-hybridized carbons (Fsp3) is 0.700. The molecular weight excluding hydrogens is 178 g/mol. The predicted molar refractivity (Wildman–Crippen MR) is 54.9 cm³/mol. The monoisotopic (exact) mass is 195 g/mol. The fourth-order valence-electron chi connectivity index (χ4n) is 1.94. The van der Waals surface area contributed by atoms with Gasteiger partial charge in [-0.1, -0.05) is 0 Å². The molecule has 0 saturated carbocycles. The van der Waals surface area contributed by atoms with Gasteiger partial charge in [0.05, 0.1) is 24.9 Å². The van der Waals surface area contributed by atoms with Crippen molar-refractivity contribution in [2.45, 2.75) is 45.4 Å². The van der Waals surface area contributed by atoms with Crippen LogP contribution >= 0.6 is 0 Å². The number of aryl methyl sites for hydroxylation is 1. The van der Waals surface area contributed by atoms with Crippen molar-refractivity contribution in [2.24, 2.45) is 0 Å². The molecule has 4 nitrogen and oxygen atoms in total. The van der Waals surface area contributed by atoms with Crippen LogP contribution < -0.4 is 5.73 Å². The van der Waals surface area contributed by atoms with Crippen LogP contribution in [0.4, 0.5) is 5.95 Å². The number of ether oxygens (including phenoxy) is 1. The Morgan fingerprint density at radius 2 is 2.43 bits per heavy atom. The van der Waals surface area contributed by atoms with Gasteiger partial charge in [-0.2, -0.15) is 0 Å². The van der Waals surface area contributed by atoms with E-state index in [2.05, 4.69) is 11.9 Å². The van der Waals surface area contributed by atoms with E-state index >= 15 is 0 Å². The highest BCUT2D eigenvalue weighted by Crippen LogP contribution is 2.21. The van der Waals surface area contributed by atoms with Gasteiger partial charge in [-0.25, -0.2) is 4.98 Å². The first kappa shape index (κ1) is 9.52. The summed E-state index contributed by atoms with van der Waals surface area (Å²) < 4.78 is 7.76. The average molecular weight is 195 g/mol. The first-order valence-corrected chi connectivity index (χ1v) is 5.10. The van der Waals surface area contributed by atoms with E-state index in [0.29, 0.717) is 18.2 Å². The third-order valence-corrected chi connectivity index (χ3v) is 2.79. The molecule has 1 aromatic heterocycles. The van der Waals surface area contributed by atoms with Crippen LogP contribution in [-0.2, 0) is 11.3 Å². The van der Waals surface area contributed by atoms with Crippen LogP contribution in [0.25, 0.3) is 0 Å². The van der Waals surface area contributed by atoms with Gasteiger partial charge in [-0.15, -0.1) is 0 Å². The van der Waals surface area contributed by atoms with E-state index in [9.17, 15) is 0 Å². The van der Waals surface area contributed by atoms with Crippen molar-refractivity contribution in [3.63, 3.8) is 0 Å². The summed E-state index contributed by atoms with van der Waals surface area (Å²) in [7, 11) is 0. The summed E-state index contributed by atoms with van der Waals surface area (Å²) in [5.74, 6) is 0.589. The minimum absolute atomic E-state index is 0.306. The Balaban J connectivity index is 2.04. The molecule has 78 valence electrons. The van der Waals surface area contributed by atoms with Gasteiger partial charge in [0.25, 0.3) is 0 Å². The van der Waals surface area contributed by atoms with Crippen molar-refractivity contribution in [3.05, 3.63) is 11.9 Å². The van der Waals surface area contributed by atoms with Gasteiger partial charge in [0, 0.05) is 5.69 Å². The van der Waals surface area contributed by atoms with E-state index in [0.717, 1.165) is 25.1 Å². The largest absolute Gasteiger partial charge is 0.373 e. The Morgan fingerprint density at radius 1 is 1.64 bits per heavy atom. The molecule has 4 heteroatoms. The maximum Gasteiger partial charge on any atom is 0.200 e. The maximum atomic E-state index is 5.75. The molecule has 14 heavy (non-hydrogen) atoms. The van der Waals surface area contributed by atoms with E-state index in [4.69, 9.17) is 10.5 Å². The molecule has 2 heterocycles. The van der Waals surface area contributed by atoms with Gasteiger partial charge in [-0.05, 0) is 26.7 Å². The van der Waals surface area contributed by atoms with Crippen LogP contribution in [0.15, 0.2) is 6.20 Å². The normalized spacial score (nSPS) is 27.0. The van der Waals surface area contributed by atoms with Gasteiger partial charge in [0.15, 0.2) is 5.95 Å². The Morgan fingerprint density at radius 3 is 2.93 bits per heavy atom. The van der Waals surface area contributed by atoms with Crippen LogP contribution in [0.1, 0.15) is 25.5 Å². The second kappa shape index (κ2) is 3.61. The number of hydrogen-bond donors (Lipinski definition) is 1. The van der Waals surface area contributed by atoms with Crippen LogP contribution in [-0.4, -0.2) is 21.8 Å². The number of rotatable bonds is 2. The standard InChI is InChI=1S/C10H17N3O/c1-7-5-12-10(11)13(7)6-9-4-3-8(2)14-9/h5,8-9H,3-4,6H2,1-2H3,(H2,11,12). The lowest BCUT2D eigenvalue weighted by molar-refractivity contribution is 0.0458. The SMILES string of the molecule is Cc1cnc(N)n1CC1CCC(C)O1. The summed E-state index contributed by atoms with van der Waals surface area (Å²) in [5.41, 5.74) is 6.85. The highest BCUT2D eigenvalue weighted by Gasteiger charge is 2.22. The van der Waals surface area contributed by atoms with Gasteiger partial charge < -0.3 is 15.0 Å². The summed E-state index contributed by atoms with van der Waals surface area (Å²) in [6.45, 7) is 4.97. The van der Waals surface area contributed by atoms with Crippen molar-refractivity contribution in [3.8, 4) is 0 Å². The zero-order valence-electron chi connectivity index (χ0n) is 8.73. The molecule has 2 N–H and O–H groups in total. The number of hydrogen-bond acceptors (Lipinski definition) is 3. The Labute approximate surface area is 84.1 Å². The smallest absolute Gasteiger partial charge is 0.200 e. The third-order valence-electron chi connectivity index (χ3n) is 2.79. The third kappa shape index (κ3) is 1.75. The van der Waals surface area contributed by atoms with Crippen molar-refractivity contribution in [1.29, 1.82) is 0 Å². The molecule has 1 aliphatic rings. The van der Waals surface area contributed by atoms with Crippen LogP contribution in [0, 0.1) is 6.92 Å². The molecular formula is C10H17N3O. The first-order chi connectivity index (χ1) is 6.66. The highest BCUT2D eigenvalue weighted by atomic mass is 16.5. The molecule has 2 unspecified atom stereocenters. The van der Waals surface area contributed by atoms with Crippen molar-refractivity contribution in [2.75, 3.05) is 5.73 Å². The Bertz CT molecular complexity index is 302. The first-order valence-electron chi connectivity index (χ1n) is 5.10. The lowest BCUT2D eigenvalue weighted by Gasteiger charge is -2.14. The van der Waals surface area contributed by atoms with E-state index < -0.39 is 0 Å². The summed E-state index contributed by atoms with van der Waals surface area (Å²) >= 11 is 0. The molecule has 1 aromatic rings. The molecule has 1 aliphatic heterocycles. The zero-order chi connectivity index (χ0) is 10.1. The molecule has 1 fully saturated rings. The lowest BCUT2D eigenvalue weighted by atomic mass is 10.2. The second-order valence-corrected chi connectivity index (χ2v) is 4.01. The molecule has 0 radical (unpaired) electrons. The molecule has 2 rings (SSSR count). The Kier molecular flexibility index (Phi) is 2.46. The number of anilines is 1. The zero-order valence-corrected chi connectivity index (χ0v) is 8.73. The number of nitrogens with zero attached hydrogens (tertiary/aromatic N) is 2. The van der Waals surface area contributed by atoms with Gasteiger partial charge >= 0.3 is 0 Å². The second-order valence-electron chi connectivity index (χ2n) is 4.01.